The third-order valence-corrected chi connectivity index (χ3v) is 3.07. The third kappa shape index (κ3) is 2.17. The fourth-order valence-electron chi connectivity index (χ4n) is 2.00. The Bertz CT molecular complexity index is 767. The molecule has 0 amide bonds. The van der Waals surface area contributed by atoms with E-state index in [4.69, 9.17) is 15.6 Å². The number of nitrogen functional groups attached to an aromatic ring is 1. The number of ether oxygens (including phenoxy) is 1. The summed E-state index contributed by atoms with van der Waals surface area (Å²) in [4.78, 5) is 8.26. The van der Waals surface area contributed by atoms with Gasteiger partial charge in [-0.1, -0.05) is 0 Å². The summed E-state index contributed by atoms with van der Waals surface area (Å²) in [7, 11) is 1.86. The smallest absolute Gasteiger partial charge is 0.200 e. The van der Waals surface area contributed by atoms with Crippen molar-refractivity contribution in [2.45, 2.75) is 6.61 Å². The lowest BCUT2D eigenvalue weighted by atomic mass is 10.3. The first-order chi connectivity index (χ1) is 9.67. The summed E-state index contributed by atoms with van der Waals surface area (Å²) in [6, 6.07) is 9.00. The zero-order valence-corrected chi connectivity index (χ0v) is 10.9. The lowest BCUT2D eigenvalue weighted by molar-refractivity contribution is 0.276. The van der Waals surface area contributed by atoms with Crippen LogP contribution in [0.2, 0.25) is 0 Å². The average Bonchev–Trinajstić information content (AvgIpc) is 2.74. The number of nitrogens with zero attached hydrogens (tertiary/aromatic N) is 3. The molecule has 3 N–H and O–H groups in total. The SMILES string of the molecule is Cn1c(N)nc2cc(Oc3ccnc(CO)c3)ccc21. The van der Waals surface area contributed by atoms with Crippen LogP contribution in [0, 0.1) is 0 Å². The number of hydrogen-bond acceptors (Lipinski definition) is 5. The van der Waals surface area contributed by atoms with E-state index in [1.807, 2.05) is 29.8 Å². The van der Waals surface area contributed by atoms with Gasteiger partial charge in [-0.3, -0.25) is 4.98 Å². The Morgan fingerprint density at radius 3 is 2.85 bits per heavy atom. The lowest BCUT2D eigenvalue weighted by Crippen LogP contribution is -1.95. The molecule has 0 saturated heterocycles. The standard InChI is InChI=1S/C14H14N4O2/c1-18-13-3-2-10(7-12(13)17-14(18)15)20-11-4-5-16-9(6-11)8-19/h2-7,19H,8H2,1H3,(H2,15,17). The van der Waals surface area contributed by atoms with Crippen molar-refractivity contribution in [3.05, 3.63) is 42.2 Å². The number of imidazole rings is 1. The van der Waals surface area contributed by atoms with Gasteiger partial charge in [-0.05, 0) is 18.2 Å². The minimum Gasteiger partial charge on any atom is -0.457 e. The van der Waals surface area contributed by atoms with E-state index in [2.05, 4.69) is 9.97 Å². The van der Waals surface area contributed by atoms with E-state index in [9.17, 15) is 0 Å². The molecule has 1 aromatic carbocycles. The second kappa shape index (κ2) is 4.82. The highest BCUT2D eigenvalue weighted by molar-refractivity contribution is 5.79. The Morgan fingerprint density at radius 2 is 2.05 bits per heavy atom. The number of aliphatic hydroxyl groups excluding tert-OH is 1. The van der Waals surface area contributed by atoms with Crippen LogP contribution in [-0.2, 0) is 13.7 Å². The fraction of sp³-hybridized carbons (Fsp3) is 0.143. The summed E-state index contributed by atoms with van der Waals surface area (Å²) >= 11 is 0. The molecule has 3 aromatic rings. The van der Waals surface area contributed by atoms with Crippen molar-refractivity contribution in [2.24, 2.45) is 7.05 Å². The molecular weight excluding hydrogens is 256 g/mol. The summed E-state index contributed by atoms with van der Waals surface area (Å²) in [5, 5.41) is 9.06. The number of nitrogens with two attached hydrogens (primary N) is 1. The highest BCUT2D eigenvalue weighted by atomic mass is 16.5. The molecule has 0 aliphatic rings. The topological polar surface area (TPSA) is 86.2 Å². The Balaban J connectivity index is 1.94. The molecule has 102 valence electrons. The van der Waals surface area contributed by atoms with Crippen LogP contribution in [0.5, 0.6) is 11.5 Å². The minimum atomic E-state index is -0.118. The van der Waals surface area contributed by atoms with Crippen molar-refractivity contribution in [3.63, 3.8) is 0 Å². The molecule has 6 nitrogen and oxygen atoms in total. The van der Waals surface area contributed by atoms with E-state index in [1.165, 1.54) is 0 Å². The van der Waals surface area contributed by atoms with Gasteiger partial charge >= 0.3 is 0 Å². The van der Waals surface area contributed by atoms with Crippen LogP contribution in [0.4, 0.5) is 5.95 Å². The molecule has 3 rings (SSSR count). The van der Waals surface area contributed by atoms with Crippen molar-refractivity contribution in [1.82, 2.24) is 14.5 Å². The Morgan fingerprint density at radius 1 is 1.25 bits per heavy atom. The second-order valence-electron chi connectivity index (χ2n) is 4.42. The minimum absolute atomic E-state index is 0.118. The number of pyridine rings is 1. The molecule has 0 unspecified atom stereocenters. The van der Waals surface area contributed by atoms with Crippen LogP contribution in [-0.4, -0.2) is 19.6 Å². The van der Waals surface area contributed by atoms with Crippen molar-refractivity contribution in [2.75, 3.05) is 5.73 Å². The van der Waals surface area contributed by atoms with Crippen LogP contribution in [0.3, 0.4) is 0 Å². The molecule has 0 atom stereocenters. The number of hydrogen-bond donors (Lipinski definition) is 2. The molecule has 2 aromatic heterocycles. The van der Waals surface area contributed by atoms with E-state index in [1.54, 1.807) is 18.3 Å². The van der Waals surface area contributed by atoms with Gasteiger partial charge in [-0.25, -0.2) is 4.98 Å². The van der Waals surface area contributed by atoms with E-state index in [0.717, 1.165) is 11.0 Å². The van der Waals surface area contributed by atoms with Gasteiger partial charge in [0.05, 0.1) is 23.3 Å². The van der Waals surface area contributed by atoms with Crippen molar-refractivity contribution < 1.29 is 9.84 Å². The normalized spacial score (nSPS) is 10.9. The van der Waals surface area contributed by atoms with Crippen LogP contribution in [0.15, 0.2) is 36.5 Å². The van der Waals surface area contributed by atoms with E-state index < -0.39 is 0 Å². The van der Waals surface area contributed by atoms with E-state index in [-0.39, 0.29) is 6.61 Å². The molecule has 20 heavy (non-hydrogen) atoms. The molecule has 0 spiro atoms. The van der Waals surface area contributed by atoms with Gasteiger partial charge in [0.2, 0.25) is 5.95 Å². The Hall–Kier alpha value is -2.60. The first-order valence-corrected chi connectivity index (χ1v) is 6.13. The summed E-state index contributed by atoms with van der Waals surface area (Å²) in [6.07, 6.45) is 1.60. The van der Waals surface area contributed by atoms with Crippen molar-refractivity contribution in [1.29, 1.82) is 0 Å². The summed E-state index contributed by atoms with van der Waals surface area (Å²) in [5.41, 5.74) is 8.05. The summed E-state index contributed by atoms with van der Waals surface area (Å²) < 4.78 is 7.55. The number of fused-ring (bicyclic) bond motifs is 1. The predicted molar refractivity (Wildman–Crippen MR) is 75.4 cm³/mol. The summed E-state index contributed by atoms with van der Waals surface area (Å²) in [6.45, 7) is -0.118. The van der Waals surface area contributed by atoms with Crippen LogP contribution in [0.1, 0.15) is 5.69 Å². The van der Waals surface area contributed by atoms with E-state index >= 15 is 0 Å². The van der Waals surface area contributed by atoms with Gasteiger partial charge in [0, 0.05) is 25.4 Å². The van der Waals surface area contributed by atoms with Gasteiger partial charge in [0.25, 0.3) is 0 Å². The molecule has 2 heterocycles. The quantitative estimate of drug-likeness (QED) is 0.758. The zero-order valence-electron chi connectivity index (χ0n) is 10.9. The van der Waals surface area contributed by atoms with Gasteiger partial charge < -0.3 is 20.1 Å². The van der Waals surface area contributed by atoms with Crippen LogP contribution < -0.4 is 10.5 Å². The van der Waals surface area contributed by atoms with Gasteiger partial charge in [-0.2, -0.15) is 0 Å². The second-order valence-corrected chi connectivity index (χ2v) is 4.42. The zero-order chi connectivity index (χ0) is 14.1. The molecule has 0 aliphatic heterocycles. The van der Waals surface area contributed by atoms with Crippen LogP contribution in [0.25, 0.3) is 11.0 Å². The first kappa shape index (κ1) is 12.4. The monoisotopic (exact) mass is 270 g/mol. The lowest BCUT2D eigenvalue weighted by Gasteiger charge is -2.06. The molecule has 0 saturated carbocycles. The van der Waals surface area contributed by atoms with Gasteiger partial charge in [0.15, 0.2) is 0 Å². The van der Waals surface area contributed by atoms with Gasteiger partial charge in [0.1, 0.15) is 11.5 Å². The molecule has 6 heteroatoms. The van der Waals surface area contributed by atoms with Gasteiger partial charge in [-0.15, -0.1) is 0 Å². The highest BCUT2D eigenvalue weighted by Gasteiger charge is 2.07. The number of aliphatic hydroxyl groups is 1. The summed E-state index contributed by atoms with van der Waals surface area (Å²) in [5.74, 6) is 1.74. The highest BCUT2D eigenvalue weighted by Crippen LogP contribution is 2.26. The molecule has 0 radical (unpaired) electrons. The number of aromatic nitrogens is 3. The molecule has 0 aliphatic carbocycles. The molecule has 0 bridgehead atoms. The Labute approximate surface area is 115 Å². The first-order valence-electron chi connectivity index (χ1n) is 6.13. The number of anilines is 1. The van der Waals surface area contributed by atoms with Crippen LogP contribution >= 0.6 is 0 Å². The number of rotatable bonds is 3. The largest absolute Gasteiger partial charge is 0.457 e. The average molecular weight is 270 g/mol. The van der Waals surface area contributed by atoms with Crippen molar-refractivity contribution in [3.8, 4) is 11.5 Å². The maximum absolute atomic E-state index is 9.06. The number of benzene rings is 1. The fourth-order valence-corrected chi connectivity index (χ4v) is 2.00. The Kier molecular flexibility index (Phi) is 3.00. The predicted octanol–water partition coefficient (Wildman–Crippen LogP) is 1.84. The maximum atomic E-state index is 9.06. The van der Waals surface area contributed by atoms with Crippen molar-refractivity contribution >= 4 is 17.0 Å². The molecule has 0 fully saturated rings. The molecular formula is C14H14N4O2. The van der Waals surface area contributed by atoms with E-state index in [0.29, 0.717) is 23.1 Å². The third-order valence-electron chi connectivity index (χ3n) is 3.07. The number of aryl methyl sites for hydroxylation is 1. The maximum Gasteiger partial charge on any atom is 0.200 e.